The zero-order chi connectivity index (χ0) is 25.5. The standard InChI is InChI=1S/C30H42N2O3/c1-18-12-23(30(4,5)6)15-25(19(18)2)27-16-26(28(33)31-24-13-22(14-24)29(34)35)20(3)32(27)17-21-10-8-7-9-11-21/h12,15-16,21-22,24H,7-11,13-14,17H2,1-6H3,(H,31,33)(H,34,35)/t22-,24-. The van der Waals surface area contributed by atoms with Crippen molar-refractivity contribution < 1.29 is 14.7 Å². The van der Waals surface area contributed by atoms with Gasteiger partial charge in [-0.3, -0.25) is 9.59 Å². The number of nitrogens with one attached hydrogen (secondary N) is 1. The fourth-order valence-corrected chi connectivity index (χ4v) is 5.72. The summed E-state index contributed by atoms with van der Waals surface area (Å²) in [7, 11) is 0. The number of hydrogen-bond acceptors (Lipinski definition) is 2. The summed E-state index contributed by atoms with van der Waals surface area (Å²) in [6, 6.07) is 6.64. The molecule has 1 aromatic carbocycles. The van der Waals surface area contributed by atoms with Crippen LogP contribution in [-0.4, -0.2) is 27.6 Å². The van der Waals surface area contributed by atoms with Crippen LogP contribution in [0, 0.1) is 32.6 Å². The molecule has 2 saturated carbocycles. The van der Waals surface area contributed by atoms with Crippen LogP contribution in [0.5, 0.6) is 0 Å². The van der Waals surface area contributed by atoms with Crippen LogP contribution < -0.4 is 5.32 Å². The van der Waals surface area contributed by atoms with Gasteiger partial charge in [-0.2, -0.15) is 0 Å². The number of nitrogens with zero attached hydrogens (tertiary/aromatic N) is 1. The molecule has 0 aliphatic heterocycles. The Morgan fingerprint density at radius 3 is 2.29 bits per heavy atom. The smallest absolute Gasteiger partial charge is 0.306 e. The Bertz CT molecular complexity index is 1110. The summed E-state index contributed by atoms with van der Waals surface area (Å²) in [5, 5.41) is 12.3. The van der Waals surface area contributed by atoms with Gasteiger partial charge >= 0.3 is 5.97 Å². The number of carboxylic acid groups (broad SMARTS) is 1. The number of carboxylic acids is 1. The van der Waals surface area contributed by atoms with E-state index in [-0.39, 0.29) is 23.3 Å². The molecule has 0 bridgehead atoms. The van der Waals surface area contributed by atoms with Gasteiger partial charge in [0.05, 0.1) is 11.5 Å². The van der Waals surface area contributed by atoms with E-state index in [2.05, 4.69) is 69.6 Å². The van der Waals surface area contributed by atoms with E-state index in [0.717, 1.165) is 17.9 Å². The first kappa shape index (κ1) is 25.5. The van der Waals surface area contributed by atoms with E-state index >= 15 is 0 Å². The maximum atomic E-state index is 13.3. The van der Waals surface area contributed by atoms with Crippen molar-refractivity contribution in [3.8, 4) is 11.3 Å². The summed E-state index contributed by atoms with van der Waals surface area (Å²) >= 11 is 0. The highest BCUT2D eigenvalue weighted by molar-refractivity contribution is 5.97. The third kappa shape index (κ3) is 5.34. The number of benzene rings is 1. The Morgan fingerprint density at radius 2 is 1.69 bits per heavy atom. The van der Waals surface area contributed by atoms with Crippen molar-refractivity contribution in [3.05, 3.63) is 46.1 Å². The first-order valence-electron chi connectivity index (χ1n) is 13.3. The molecule has 190 valence electrons. The van der Waals surface area contributed by atoms with Gasteiger partial charge in [0.1, 0.15) is 0 Å². The molecule has 0 unspecified atom stereocenters. The molecule has 1 aromatic heterocycles. The topological polar surface area (TPSA) is 71.3 Å². The fraction of sp³-hybridized carbons (Fsp3) is 0.600. The quantitative estimate of drug-likeness (QED) is 0.494. The van der Waals surface area contributed by atoms with Crippen LogP contribution in [0.15, 0.2) is 18.2 Å². The minimum absolute atomic E-state index is 0.0359. The van der Waals surface area contributed by atoms with Crippen LogP contribution >= 0.6 is 0 Å². The van der Waals surface area contributed by atoms with Crippen LogP contribution in [0.4, 0.5) is 0 Å². The third-order valence-electron chi connectivity index (χ3n) is 8.41. The Balaban J connectivity index is 1.72. The lowest BCUT2D eigenvalue weighted by molar-refractivity contribution is -0.145. The molecule has 2 fully saturated rings. The molecule has 2 aliphatic carbocycles. The summed E-state index contributed by atoms with van der Waals surface area (Å²) in [4.78, 5) is 24.5. The molecular weight excluding hydrogens is 436 g/mol. The molecule has 0 radical (unpaired) electrons. The lowest BCUT2D eigenvalue weighted by atomic mass is 9.80. The average Bonchev–Trinajstić information content (AvgIpc) is 3.08. The summed E-state index contributed by atoms with van der Waals surface area (Å²) in [5.41, 5.74) is 7.94. The van der Waals surface area contributed by atoms with Crippen molar-refractivity contribution in [2.75, 3.05) is 0 Å². The second-order valence-corrected chi connectivity index (χ2v) is 12.0. The van der Waals surface area contributed by atoms with Gasteiger partial charge in [0.2, 0.25) is 0 Å². The second kappa shape index (κ2) is 9.83. The number of carbonyl (C=O) groups is 2. The molecule has 2 aromatic rings. The van der Waals surface area contributed by atoms with Crippen molar-refractivity contribution in [2.24, 2.45) is 11.8 Å². The number of aliphatic carboxylic acids is 1. The Morgan fingerprint density at radius 1 is 1.03 bits per heavy atom. The Labute approximate surface area is 210 Å². The second-order valence-electron chi connectivity index (χ2n) is 12.0. The van der Waals surface area contributed by atoms with Gasteiger partial charge in [-0.05, 0) is 86.6 Å². The summed E-state index contributed by atoms with van der Waals surface area (Å²) in [6.07, 6.45) is 7.43. The normalized spacial score (nSPS) is 21.0. The SMILES string of the molecule is Cc1cc(C(C)(C)C)cc(-c2cc(C(=O)N[C@H]3C[C@H](C(=O)O)C3)c(C)n2CC2CCCCC2)c1C. The first-order valence-corrected chi connectivity index (χ1v) is 13.3. The zero-order valence-electron chi connectivity index (χ0n) is 22.3. The predicted octanol–water partition coefficient (Wildman–Crippen LogP) is 6.55. The van der Waals surface area contributed by atoms with Crippen molar-refractivity contribution in [1.82, 2.24) is 9.88 Å². The summed E-state index contributed by atoms with van der Waals surface area (Å²) in [6.45, 7) is 14.1. The van der Waals surface area contributed by atoms with Crippen molar-refractivity contribution >= 4 is 11.9 Å². The number of hydrogen-bond donors (Lipinski definition) is 2. The van der Waals surface area contributed by atoms with Crippen LogP contribution in [0.2, 0.25) is 0 Å². The maximum absolute atomic E-state index is 13.3. The molecule has 2 N–H and O–H groups in total. The first-order chi connectivity index (χ1) is 16.5. The molecule has 35 heavy (non-hydrogen) atoms. The average molecular weight is 479 g/mol. The van der Waals surface area contributed by atoms with Crippen molar-refractivity contribution in [2.45, 2.75) is 104 Å². The third-order valence-corrected chi connectivity index (χ3v) is 8.41. The molecular formula is C30H42N2O3. The molecule has 0 saturated heterocycles. The molecule has 1 amide bonds. The highest BCUT2D eigenvalue weighted by Gasteiger charge is 2.36. The van der Waals surface area contributed by atoms with E-state index in [1.165, 1.54) is 54.4 Å². The van der Waals surface area contributed by atoms with Crippen LogP contribution in [-0.2, 0) is 16.8 Å². The number of carbonyl (C=O) groups excluding carboxylic acids is 1. The van der Waals surface area contributed by atoms with Gasteiger partial charge in [0, 0.05) is 29.5 Å². The molecule has 0 spiro atoms. The highest BCUT2D eigenvalue weighted by atomic mass is 16.4. The molecule has 5 heteroatoms. The van der Waals surface area contributed by atoms with Crippen LogP contribution in [0.25, 0.3) is 11.3 Å². The predicted molar refractivity (Wildman–Crippen MR) is 141 cm³/mol. The van der Waals surface area contributed by atoms with Crippen molar-refractivity contribution in [1.29, 1.82) is 0 Å². The molecule has 4 rings (SSSR count). The number of aryl methyl sites for hydroxylation is 1. The molecule has 1 heterocycles. The van der Waals surface area contributed by atoms with Crippen LogP contribution in [0.1, 0.15) is 98.5 Å². The lowest BCUT2D eigenvalue weighted by Gasteiger charge is -2.32. The molecule has 2 aliphatic rings. The van der Waals surface area contributed by atoms with Crippen LogP contribution in [0.3, 0.4) is 0 Å². The van der Waals surface area contributed by atoms with Gasteiger partial charge in [0.15, 0.2) is 0 Å². The fourth-order valence-electron chi connectivity index (χ4n) is 5.72. The van der Waals surface area contributed by atoms with E-state index in [1.54, 1.807) is 0 Å². The molecule has 0 atom stereocenters. The number of aromatic nitrogens is 1. The molecule has 5 nitrogen and oxygen atoms in total. The Hall–Kier alpha value is -2.56. The van der Waals surface area contributed by atoms with E-state index in [9.17, 15) is 14.7 Å². The Kier molecular flexibility index (Phi) is 7.17. The van der Waals surface area contributed by atoms with Gasteiger partial charge in [-0.25, -0.2) is 0 Å². The van der Waals surface area contributed by atoms with E-state index < -0.39 is 5.97 Å². The summed E-state index contributed by atoms with van der Waals surface area (Å²) in [5.74, 6) is -0.545. The van der Waals surface area contributed by atoms with Gasteiger partial charge in [-0.1, -0.05) is 46.1 Å². The number of amides is 1. The van der Waals surface area contributed by atoms with E-state index in [1.807, 2.05) is 0 Å². The summed E-state index contributed by atoms with van der Waals surface area (Å²) < 4.78 is 2.39. The van der Waals surface area contributed by atoms with E-state index in [4.69, 9.17) is 0 Å². The largest absolute Gasteiger partial charge is 0.481 e. The monoisotopic (exact) mass is 478 g/mol. The van der Waals surface area contributed by atoms with Gasteiger partial charge < -0.3 is 15.0 Å². The van der Waals surface area contributed by atoms with Crippen molar-refractivity contribution in [3.63, 3.8) is 0 Å². The number of rotatable bonds is 6. The minimum Gasteiger partial charge on any atom is -0.481 e. The van der Waals surface area contributed by atoms with Gasteiger partial charge in [-0.15, -0.1) is 0 Å². The minimum atomic E-state index is -0.767. The zero-order valence-corrected chi connectivity index (χ0v) is 22.3. The van der Waals surface area contributed by atoms with E-state index in [0.29, 0.717) is 24.3 Å². The highest BCUT2D eigenvalue weighted by Crippen LogP contribution is 2.37. The lowest BCUT2D eigenvalue weighted by Crippen LogP contribution is -2.46. The maximum Gasteiger partial charge on any atom is 0.306 e. The van der Waals surface area contributed by atoms with Gasteiger partial charge in [0.25, 0.3) is 5.91 Å².